The number of anilines is 1. The maximum atomic E-state index is 13.8. The van der Waals surface area contributed by atoms with Crippen molar-refractivity contribution in [2.45, 2.75) is 69.4 Å². The van der Waals surface area contributed by atoms with Crippen molar-refractivity contribution in [2.75, 3.05) is 24.5 Å². The summed E-state index contributed by atoms with van der Waals surface area (Å²) in [6, 6.07) is 9.00. The first kappa shape index (κ1) is 18.8. The first-order valence-electron chi connectivity index (χ1n) is 11.8. The molecule has 1 saturated carbocycles. The first-order valence-corrected chi connectivity index (χ1v) is 11.8. The van der Waals surface area contributed by atoms with E-state index in [9.17, 15) is 4.39 Å². The van der Waals surface area contributed by atoms with Crippen LogP contribution in [0.4, 0.5) is 10.4 Å². The molecule has 0 radical (unpaired) electrons. The molecule has 4 heterocycles. The average Bonchev–Trinajstić information content (AvgIpc) is 3.19. The van der Waals surface area contributed by atoms with Gasteiger partial charge in [-0.1, -0.05) is 30.1 Å². The number of hydrogen-bond donors (Lipinski definition) is 0. The molecule has 2 bridgehead atoms. The SMILES string of the molecule is Fc1cccc(C[C@H]2[C@H]3C[C@H](CN(c4nnc(C5CCC5)o4)C3)[C@@H]3CCCCN32)c1. The second-order valence-corrected chi connectivity index (χ2v) is 9.91. The Kier molecular flexibility index (Phi) is 4.78. The number of fused-ring (bicyclic) bond motifs is 4. The summed E-state index contributed by atoms with van der Waals surface area (Å²) < 4.78 is 20.0. The average molecular weight is 411 g/mol. The number of nitrogens with zero attached hydrogens (tertiary/aromatic N) is 4. The molecule has 160 valence electrons. The highest BCUT2D eigenvalue weighted by atomic mass is 19.1. The second kappa shape index (κ2) is 7.63. The van der Waals surface area contributed by atoms with Gasteiger partial charge in [0.1, 0.15) is 5.82 Å². The van der Waals surface area contributed by atoms with E-state index in [2.05, 4.69) is 26.1 Å². The molecule has 1 aromatic heterocycles. The molecule has 1 aromatic carbocycles. The number of aromatic nitrogens is 2. The van der Waals surface area contributed by atoms with Gasteiger partial charge >= 0.3 is 6.01 Å². The Bertz CT molecular complexity index is 897. The number of benzene rings is 1. The Balaban J connectivity index is 1.26. The molecule has 0 spiro atoms. The lowest BCUT2D eigenvalue weighted by Crippen LogP contribution is -2.64. The first-order chi connectivity index (χ1) is 14.7. The molecule has 1 aliphatic carbocycles. The summed E-state index contributed by atoms with van der Waals surface area (Å²) >= 11 is 0. The maximum Gasteiger partial charge on any atom is 0.318 e. The van der Waals surface area contributed by atoms with Gasteiger partial charge in [0, 0.05) is 31.1 Å². The van der Waals surface area contributed by atoms with Gasteiger partial charge in [0.2, 0.25) is 5.89 Å². The van der Waals surface area contributed by atoms with E-state index >= 15 is 0 Å². The van der Waals surface area contributed by atoms with Crippen LogP contribution >= 0.6 is 0 Å². The van der Waals surface area contributed by atoms with Gasteiger partial charge in [-0.05, 0) is 74.6 Å². The lowest BCUT2D eigenvalue weighted by atomic mass is 9.71. The van der Waals surface area contributed by atoms with Crippen LogP contribution in [0.3, 0.4) is 0 Å². The van der Waals surface area contributed by atoms with E-state index in [1.807, 2.05) is 6.07 Å². The van der Waals surface area contributed by atoms with Crippen LogP contribution in [-0.2, 0) is 6.42 Å². The zero-order chi connectivity index (χ0) is 20.1. The summed E-state index contributed by atoms with van der Waals surface area (Å²) in [6.07, 6.45) is 9.71. The molecule has 6 heteroatoms. The predicted molar refractivity (Wildman–Crippen MR) is 113 cm³/mol. The molecule has 4 atom stereocenters. The van der Waals surface area contributed by atoms with Crippen LogP contribution in [0.15, 0.2) is 28.7 Å². The molecule has 4 aliphatic rings. The zero-order valence-electron chi connectivity index (χ0n) is 17.5. The minimum Gasteiger partial charge on any atom is -0.408 e. The summed E-state index contributed by atoms with van der Waals surface area (Å²) in [7, 11) is 0. The second-order valence-electron chi connectivity index (χ2n) is 9.91. The van der Waals surface area contributed by atoms with E-state index in [1.54, 1.807) is 12.1 Å². The summed E-state index contributed by atoms with van der Waals surface area (Å²) in [6.45, 7) is 3.17. The highest BCUT2D eigenvalue weighted by Crippen LogP contribution is 2.43. The number of hydrogen-bond acceptors (Lipinski definition) is 5. The fourth-order valence-electron chi connectivity index (χ4n) is 6.42. The summed E-state index contributed by atoms with van der Waals surface area (Å²) in [5, 5.41) is 8.82. The van der Waals surface area contributed by atoms with Crippen LogP contribution in [0.2, 0.25) is 0 Å². The molecular weight excluding hydrogens is 379 g/mol. The third-order valence-corrected chi connectivity index (χ3v) is 8.11. The third-order valence-electron chi connectivity index (χ3n) is 8.11. The predicted octanol–water partition coefficient (Wildman–Crippen LogP) is 4.40. The van der Waals surface area contributed by atoms with E-state index in [4.69, 9.17) is 4.42 Å². The zero-order valence-corrected chi connectivity index (χ0v) is 17.5. The monoisotopic (exact) mass is 410 g/mol. The van der Waals surface area contributed by atoms with Crippen LogP contribution in [0.25, 0.3) is 0 Å². The van der Waals surface area contributed by atoms with Gasteiger partial charge in [-0.2, -0.15) is 0 Å². The van der Waals surface area contributed by atoms with Gasteiger partial charge < -0.3 is 9.32 Å². The van der Waals surface area contributed by atoms with Gasteiger partial charge in [-0.3, -0.25) is 4.90 Å². The minimum absolute atomic E-state index is 0.129. The Hall–Kier alpha value is -1.95. The van der Waals surface area contributed by atoms with Crippen molar-refractivity contribution in [3.8, 4) is 0 Å². The maximum absolute atomic E-state index is 13.8. The van der Waals surface area contributed by atoms with E-state index in [1.165, 1.54) is 51.5 Å². The lowest BCUT2D eigenvalue weighted by Gasteiger charge is -2.56. The molecule has 3 aliphatic heterocycles. The third kappa shape index (κ3) is 3.33. The van der Waals surface area contributed by atoms with Crippen molar-refractivity contribution in [1.82, 2.24) is 15.1 Å². The van der Waals surface area contributed by atoms with E-state index in [0.717, 1.165) is 37.0 Å². The number of piperidine rings is 3. The lowest BCUT2D eigenvalue weighted by molar-refractivity contribution is -0.0325. The van der Waals surface area contributed by atoms with Gasteiger partial charge in [0.05, 0.1) is 0 Å². The molecule has 2 aromatic rings. The molecule has 5 nitrogen and oxygen atoms in total. The molecule has 0 unspecified atom stereocenters. The van der Waals surface area contributed by atoms with Crippen molar-refractivity contribution in [2.24, 2.45) is 11.8 Å². The highest BCUT2D eigenvalue weighted by Gasteiger charge is 2.47. The minimum atomic E-state index is -0.129. The Morgan fingerprint density at radius 3 is 2.77 bits per heavy atom. The van der Waals surface area contributed by atoms with Gasteiger partial charge in [-0.25, -0.2) is 4.39 Å². The Morgan fingerprint density at radius 1 is 1.03 bits per heavy atom. The highest BCUT2D eigenvalue weighted by molar-refractivity contribution is 5.29. The normalized spacial score (nSPS) is 32.0. The topological polar surface area (TPSA) is 45.4 Å². The molecule has 4 fully saturated rings. The molecule has 0 amide bonds. The molecular formula is C24H31FN4O. The van der Waals surface area contributed by atoms with Gasteiger partial charge in [0.15, 0.2) is 0 Å². The van der Waals surface area contributed by atoms with Crippen molar-refractivity contribution in [3.05, 3.63) is 41.5 Å². The van der Waals surface area contributed by atoms with Crippen LogP contribution in [0.1, 0.15) is 62.3 Å². The molecule has 3 saturated heterocycles. The van der Waals surface area contributed by atoms with Crippen LogP contribution in [0, 0.1) is 17.7 Å². The van der Waals surface area contributed by atoms with Crippen molar-refractivity contribution >= 4 is 6.01 Å². The van der Waals surface area contributed by atoms with Gasteiger partial charge in [-0.15, -0.1) is 5.10 Å². The van der Waals surface area contributed by atoms with E-state index in [-0.39, 0.29) is 5.82 Å². The number of rotatable bonds is 4. The van der Waals surface area contributed by atoms with Crippen molar-refractivity contribution in [3.63, 3.8) is 0 Å². The summed E-state index contributed by atoms with van der Waals surface area (Å²) in [5.74, 6) is 2.40. The smallest absolute Gasteiger partial charge is 0.318 e. The van der Waals surface area contributed by atoms with Crippen LogP contribution in [0.5, 0.6) is 0 Å². The van der Waals surface area contributed by atoms with E-state index in [0.29, 0.717) is 29.8 Å². The Morgan fingerprint density at radius 2 is 1.93 bits per heavy atom. The van der Waals surface area contributed by atoms with Crippen LogP contribution < -0.4 is 4.90 Å². The molecule has 0 N–H and O–H groups in total. The van der Waals surface area contributed by atoms with E-state index < -0.39 is 0 Å². The quantitative estimate of drug-likeness (QED) is 0.748. The van der Waals surface area contributed by atoms with Gasteiger partial charge in [0.25, 0.3) is 0 Å². The molecule has 6 rings (SSSR count). The van der Waals surface area contributed by atoms with Crippen molar-refractivity contribution in [1.29, 1.82) is 0 Å². The number of halogens is 1. The largest absolute Gasteiger partial charge is 0.408 e. The fourth-order valence-corrected chi connectivity index (χ4v) is 6.42. The fraction of sp³-hybridized carbons (Fsp3) is 0.667. The standard InChI is InChI=1S/C24H31FN4O/c25-20-8-3-5-16(11-20)12-22-19-13-18(21-9-1-2-10-29(21)22)14-28(15-19)24-27-26-23(30-24)17-6-4-7-17/h3,5,8,11,17-19,21-22H,1-2,4,6-7,9-10,12-15H2/t18-,19+,21+,22+/m1/s1. The summed E-state index contributed by atoms with van der Waals surface area (Å²) in [5.41, 5.74) is 1.12. The Labute approximate surface area is 177 Å². The summed E-state index contributed by atoms with van der Waals surface area (Å²) in [4.78, 5) is 5.14. The van der Waals surface area contributed by atoms with Crippen molar-refractivity contribution < 1.29 is 8.81 Å². The molecule has 30 heavy (non-hydrogen) atoms. The van der Waals surface area contributed by atoms with Crippen LogP contribution in [-0.4, -0.2) is 46.8 Å².